The molecule has 0 aliphatic rings. The quantitative estimate of drug-likeness (QED) is 0.887. The number of ether oxygens (including phenoxy) is 1. The van der Waals surface area contributed by atoms with Crippen LogP contribution in [0.2, 0.25) is 0 Å². The second-order valence-electron chi connectivity index (χ2n) is 2.85. The van der Waals surface area contributed by atoms with Crippen molar-refractivity contribution in [1.82, 2.24) is 9.38 Å². The highest BCUT2D eigenvalue weighted by Crippen LogP contribution is 2.21. The summed E-state index contributed by atoms with van der Waals surface area (Å²) in [7, 11) is 1.63. The first-order valence-corrected chi connectivity index (χ1v) is 4.96. The molecule has 2 heterocycles. The van der Waals surface area contributed by atoms with E-state index in [1.165, 1.54) is 0 Å². The first-order chi connectivity index (χ1) is 6.76. The van der Waals surface area contributed by atoms with Crippen LogP contribution in [-0.4, -0.2) is 16.5 Å². The molecule has 0 aromatic carbocycles. The molecule has 4 nitrogen and oxygen atoms in total. The van der Waals surface area contributed by atoms with E-state index in [9.17, 15) is 0 Å². The number of nitrogens with zero attached hydrogens (tertiary/aromatic N) is 2. The molecule has 0 saturated carbocycles. The van der Waals surface area contributed by atoms with E-state index in [4.69, 9.17) is 10.5 Å². The van der Waals surface area contributed by atoms with Gasteiger partial charge in [-0.2, -0.15) is 0 Å². The number of aromatic nitrogens is 2. The molecule has 2 aromatic heterocycles. The van der Waals surface area contributed by atoms with Gasteiger partial charge in [0.05, 0.1) is 19.0 Å². The predicted octanol–water partition coefficient (Wildman–Crippen LogP) is 1.56. The summed E-state index contributed by atoms with van der Waals surface area (Å²) in [5.41, 5.74) is 7.25. The van der Waals surface area contributed by atoms with Gasteiger partial charge >= 0.3 is 0 Å². The van der Waals surface area contributed by atoms with Gasteiger partial charge < -0.3 is 10.5 Å². The van der Waals surface area contributed by atoms with Crippen LogP contribution in [0.5, 0.6) is 5.75 Å². The first kappa shape index (κ1) is 9.48. The Morgan fingerprint density at radius 3 is 3.00 bits per heavy atom. The summed E-state index contributed by atoms with van der Waals surface area (Å²) in [5.74, 6) is 0.791. The van der Waals surface area contributed by atoms with Gasteiger partial charge in [0.1, 0.15) is 16.0 Å². The Kier molecular flexibility index (Phi) is 2.43. The van der Waals surface area contributed by atoms with Gasteiger partial charge in [-0.15, -0.1) is 0 Å². The van der Waals surface area contributed by atoms with Crippen molar-refractivity contribution in [1.29, 1.82) is 0 Å². The van der Waals surface area contributed by atoms with E-state index < -0.39 is 0 Å². The fourth-order valence-electron chi connectivity index (χ4n) is 1.30. The predicted molar refractivity (Wildman–Crippen MR) is 57.3 cm³/mol. The third kappa shape index (κ3) is 1.38. The normalized spacial score (nSPS) is 10.8. The fraction of sp³-hybridized carbons (Fsp3) is 0.222. The number of imidazole rings is 1. The number of pyridine rings is 1. The molecule has 0 fully saturated rings. The van der Waals surface area contributed by atoms with Crippen LogP contribution in [0.4, 0.5) is 0 Å². The zero-order chi connectivity index (χ0) is 10.1. The summed E-state index contributed by atoms with van der Waals surface area (Å²) in [4.78, 5) is 4.34. The van der Waals surface area contributed by atoms with Gasteiger partial charge in [0, 0.05) is 6.54 Å². The van der Waals surface area contributed by atoms with Crippen molar-refractivity contribution in [2.75, 3.05) is 7.11 Å². The Hall–Kier alpha value is -1.07. The number of hydrogen-bond acceptors (Lipinski definition) is 3. The molecule has 0 spiro atoms. The summed E-state index contributed by atoms with van der Waals surface area (Å²) in [6.45, 7) is 0.421. The third-order valence-electron chi connectivity index (χ3n) is 2.03. The van der Waals surface area contributed by atoms with Gasteiger partial charge in [0.15, 0.2) is 0 Å². The molecule has 0 amide bonds. The fourth-order valence-corrected chi connectivity index (χ4v) is 1.83. The van der Waals surface area contributed by atoms with Crippen molar-refractivity contribution < 1.29 is 4.74 Å². The smallest absolute Gasteiger partial charge is 0.138 e. The molecule has 0 atom stereocenters. The van der Waals surface area contributed by atoms with Gasteiger partial charge in [0.2, 0.25) is 0 Å². The van der Waals surface area contributed by atoms with Gasteiger partial charge in [0.25, 0.3) is 0 Å². The average molecular weight is 256 g/mol. The molecular weight excluding hydrogens is 246 g/mol. The van der Waals surface area contributed by atoms with E-state index in [1.54, 1.807) is 7.11 Å². The third-order valence-corrected chi connectivity index (χ3v) is 2.87. The average Bonchev–Trinajstić information content (AvgIpc) is 2.55. The second-order valence-corrected chi connectivity index (χ2v) is 3.60. The maximum absolute atomic E-state index is 5.55. The maximum atomic E-state index is 5.55. The lowest BCUT2D eigenvalue weighted by molar-refractivity contribution is 0.412. The lowest BCUT2D eigenvalue weighted by Gasteiger charge is -2.00. The van der Waals surface area contributed by atoms with Gasteiger partial charge in [-0.05, 0) is 28.1 Å². The van der Waals surface area contributed by atoms with Gasteiger partial charge in [-0.3, -0.25) is 4.40 Å². The Morgan fingerprint density at radius 1 is 1.57 bits per heavy atom. The molecule has 74 valence electrons. The molecule has 14 heavy (non-hydrogen) atoms. The van der Waals surface area contributed by atoms with Crippen molar-refractivity contribution in [2.45, 2.75) is 6.54 Å². The van der Waals surface area contributed by atoms with E-state index in [1.807, 2.05) is 22.7 Å². The topological polar surface area (TPSA) is 52.5 Å². The van der Waals surface area contributed by atoms with Crippen LogP contribution in [0.3, 0.4) is 0 Å². The van der Waals surface area contributed by atoms with E-state index in [0.29, 0.717) is 6.54 Å². The standard InChI is InChI=1S/C9H10BrN3O/c1-14-6-2-3-8-12-7(4-11)9(10)13(8)5-6/h2-3,5H,4,11H2,1H3. The lowest BCUT2D eigenvalue weighted by atomic mass is 10.4. The monoisotopic (exact) mass is 255 g/mol. The molecule has 5 heteroatoms. The largest absolute Gasteiger partial charge is 0.495 e. The van der Waals surface area contributed by atoms with E-state index >= 15 is 0 Å². The maximum Gasteiger partial charge on any atom is 0.138 e. The van der Waals surface area contributed by atoms with Crippen molar-refractivity contribution in [3.63, 3.8) is 0 Å². The SMILES string of the molecule is COc1ccc2nc(CN)c(Br)n2c1. The highest BCUT2D eigenvalue weighted by molar-refractivity contribution is 9.10. The summed E-state index contributed by atoms with van der Waals surface area (Å²) >= 11 is 3.44. The van der Waals surface area contributed by atoms with Gasteiger partial charge in [-0.25, -0.2) is 4.98 Å². The van der Waals surface area contributed by atoms with Crippen LogP contribution >= 0.6 is 15.9 Å². The van der Waals surface area contributed by atoms with E-state index in [-0.39, 0.29) is 0 Å². The molecular formula is C9H10BrN3O. The number of nitrogens with two attached hydrogens (primary N) is 1. The minimum absolute atomic E-state index is 0.421. The first-order valence-electron chi connectivity index (χ1n) is 4.17. The highest BCUT2D eigenvalue weighted by Gasteiger charge is 2.08. The zero-order valence-corrected chi connectivity index (χ0v) is 9.28. The molecule has 2 aromatic rings. The second kappa shape index (κ2) is 3.59. The minimum Gasteiger partial charge on any atom is -0.495 e. The van der Waals surface area contributed by atoms with Crippen LogP contribution in [0.25, 0.3) is 5.65 Å². The number of rotatable bonds is 2. The molecule has 0 radical (unpaired) electrons. The number of halogens is 1. The Labute approximate surface area is 89.8 Å². The molecule has 0 bridgehead atoms. The molecule has 0 saturated heterocycles. The summed E-state index contributed by atoms with van der Waals surface area (Å²) in [6.07, 6.45) is 1.87. The molecule has 0 unspecified atom stereocenters. The van der Waals surface area contributed by atoms with Crippen LogP contribution in [0.15, 0.2) is 22.9 Å². The summed E-state index contributed by atoms with van der Waals surface area (Å²) in [6, 6.07) is 3.76. The number of methoxy groups -OCH3 is 1. The molecule has 2 rings (SSSR count). The number of hydrogen-bond donors (Lipinski definition) is 1. The summed E-state index contributed by atoms with van der Waals surface area (Å²) < 4.78 is 7.91. The van der Waals surface area contributed by atoms with Crippen molar-refractivity contribution in [2.24, 2.45) is 5.73 Å². The zero-order valence-electron chi connectivity index (χ0n) is 7.70. The van der Waals surface area contributed by atoms with Crippen LogP contribution in [0, 0.1) is 0 Å². The lowest BCUT2D eigenvalue weighted by Crippen LogP contribution is -1.97. The van der Waals surface area contributed by atoms with Crippen molar-refractivity contribution in [3.05, 3.63) is 28.6 Å². The van der Waals surface area contributed by atoms with E-state index in [2.05, 4.69) is 20.9 Å². The minimum atomic E-state index is 0.421. The van der Waals surface area contributed by atoms with Crippen LogP contribution in [0.1, 0.15) is 5.69 Å². The van der Waals surface area contributed by atoms with Gasteiger partial charge in [-0.1, -0.05) is 0 Å². The van der Waals surface area contributed by atoms with E-state index in [0.717, 1.165) is 21.7 Å². The van der Waals surface area contributed by atoms with Crippen molar-refractivity contribution >= 4 is 21.6 Å². The van der Waals surface area contributed by atoms with Crippen LogP contribution in [-0.2, 0) is 6.54 Å². The van der Waals surface area contributed by atoms with Crippen molar-refractivity contribution in [3.8, 4) is 5.75 Å². The summed E-state index contributed by atoms with van der Waals surface area (Å²) in [5, 5.41) is 0. The highest BCUT2D eigenvalue weighted by atomic mass is 79.9. The molecule has 2 N–H and O–H groups in total. The number of fused-ring (bicyclic) bond motifs is 1. The molecule has 0 aliphatic heterocycles. The Balaban J connectivity index is 2.68. The van der Waals surface area contributed by atoms with Crippen LogP contribution < -0.4 is 10.5 Å². The Morgan fingerprint density at radius 2 is 2.36 bits per heavy atom. The Bertz CT molecular complexity index is 466. The molecule has 0 aliphatic carbocycles.